The molecule has 0 fully saturated rings. The molecule has 0 aliphatic rings. The second kappa shape index (κ2) is 10.9. The molecule has 174 valence electrons. The molecule has 0 N–H and O–H groups in total. The lowest BCUT2D eigenvalue weighted by atomic mass is 10.1. The molecule has 0 saturated heterocycles. The molecule has 0 bridgehead atoms. The largest absolute Gasteiger partial charge is 0.491 e. The van der Waals surface area contributed by atoms with E-state index >= 15 is 0 Å². The van der Waals surface area contributed by atoms with Gasteiger partial charge in [0, 0.05) is 17.0 Å². The van der Waals surface area contributed by atoms with Crippen LogP contribution in [0.25, 0.3) is 17.0 Å². The molecule has 6 heteroatoms. The number of nitrogens with zero attached hydrogens (tertiary/aromatic N) is 1. The second-order valence-electron chi connectivity index (χ2n) is 7.83. The molecule has 1 heterocycles. The zero-order chi connectivity index (χ0) is 23.9. The van der Waals surface area contributed by atoms with Gasteiger partial charge >= 0.3 is 0 Å². The maximum Gasteiger partial charge on any atom is 0.167 e. The second-order valence-corrected chi connectivity index (χ2v) is 7.83. The lowest BCUT2D eigenvalue weighted by Gasteiger charge is -2.15. The lowest BCUT2D eigenvalue weighted by molar-refractivity contribution is 0.295. The smallest absolute Gasteiger partial charge is 0.167 e. The fourth-order valence-electron chi connectivity index (χ4n) is 3.58. The van der Waals surface area contributed by atoms with Crippen LogP contribution in [0.5, 0.6) is 11.5 Å². The highest BCUT2D eigenvalue weighted by atomic mass is 19.1. The number of benzene rings is 3. The topological polar surface area (TPSA) is 31.4 Å². The first-order valence-corrected chi connectivity index (χ1v) is 11.0. The fraction of sp³-hybridized carbons (Fsp3) is 0.179. The number of unbranched alkanes of at least 4 members (excludes halogenated alkanes) is 1. The van der Waals surface area contributed by atoms with Crippen LogP contribution in [0, 0.1) is 24.4 Å². The number of ether oxygens (including phenoxy) is 2. The first-order chi connectivity index (χ1) is 16.5. The molecule has 0 amide bonds. The molecule has 0 spiro atoms. The van der Waals surface area contributed by atoms with Crippen molar-refractivity contribution >= 4 is 17.0 Å². The van der Waals surface area contributed by atoms with Gasteiger partial charge in [0.25, 0.3) is 0 Å². The van der Waals surface area contributed by atoms with Crippen molar-refractivity contribution in [1.82, 2.24) is 4.98 Å². The predicted molar refractivity (Wildman–Crippen MR) is 127 cm³/mol. The third-order valence-electron chi connectivity index (χ3n) is 5.36. The van der Waals surface area contributed by atoms with Crippen molar-refractivity contribution < 1.29 is 22.6 Å². The van der Waals surface area contributed by atoms with Gasteiger partial charge in [-0.25, -0.2) is 18.2 Å². The van der Waals surface area contributed by atoms with Crippen LogP contribution in [-0.2, 0) is 6.61 Å². The van der Waals surface area contributed by atoms with E-state index in [1.54, 1.807) is 12.1 Å². The van der Waals surface area contributed by atoms with E-state index < -0.39 is 17.5 Å². The van der Waals surface area contributed by atoms with Crippen LogP contribution in [0.3, 0.4) is 0 Å². The maximum absolute atomic E-state index is 14.5. The lowest BCUT2D eigenvalue weighted by Crippen LogP contribution is -2.02. The highest BCUT2D eigenvalue weighted by Crippen LogP contribution is 2.33. The monoisotopic (exact) mass is 463 g/mol. The van der Waals surface area contributed by atoms with Crippen molar-refractivity contribution in [2.45, 2.75) is 26.4 Å². The van der Waals surface area contributed by atoms with Crippen molar-refractivity contribution in [2.75, 3.05) is 6.61 Å². The Kier molecular flexibility index (Phi) is 7.48. The van der Waals surface area contributed by atoms with Gasteiger partial charge in [-0.3, -0.25) is 0 Å². The third kappa shape index (κ3) is 5.57. The predicted octanol–water partition coefficient (Wildman–Crippen LogP) is 7.41. The average Bonchev–Trinajstić information content (AvgIpc) is 2.83. The van der Waals surface area contributed by atoms with Gasteiger partial charge in [-0.2, -0.15) is 0 Å². The van der Waals surface area contributed by atoms with E-state index in [-0.39, 0.29) is 17.9 Å². The van der Waals surface area contributed by atoms with Gasteiger partial charge in [0.05, 0.1) is 12.3 Å². The number of halogens is 3. The van der Waals surface area contributed by atoms with Crippen LogP contribution < -0.4 is 9.47 Å². The van der Waals surface area contributed by atoms with Gasteiger partial charge in [0.15, 0.2) is 11.6 Å². The van der Waals surface area contributed by atoms with Crippen LogP contribution in [-0.4, -0.2) is 11.6 Å². The summed E-state index contributed by atoms with van der Waals surface area (Å²) >= 11 is 0. The number of fused-ring (bicyclic) bond motifs is 1. The fourth-order valence-corrected chi connectivity index (χ4v) is 3.58. The van der Waals surface area contributed by atoms with Crippen LogP contribution in [0.15, 0.2) is 72.8 Å². The summed E-state index contributed by atoms with van der Waals surface area (Å²) < 4.78 is 52.6. The van der Waals surface area contributed by atoms with E-state index in [1.165, 1.54) is 12.1 Å². The van der Waals surface area contributed by atoms with Gasteiger partial charge in [0.2, 0.25) is 0 Å². The minimum absolute atomic E-state index is 0.0214. The first-order valence-electron chi connectivity index (χ1n) is 11.0. The summed E-state index contributed by atoms with van der Waals surface area (Å²) in [6.07, 6.45) is 4.99. The van der Waals surface area contributed by atoms with Gasteiger partial charge in [-0.1, -0.05) is 42.5 Å². The number of rotatable bonds is 9. The molecule has 3 aromatic carbocycles. The minimum Gasteiger partial charge on any atom is -0.491 e. The van der Waals surface area contributed by atoms with Crippen molar-refractivity contribution in [3.63, 3.8) is 0 Å². The van der Waals surface area contributed by atoms with E-state index in [4.69, 9.17) is 9.47 Å². The van der Waals surface area contributed by atoms with Crippen molar-refractivity contribution in [1.29, 1.82) is 0 Å². The summed E-state index contributed by atoms with van der Waals surface area (Å²) in [7, 11) is 0. The SMILES string of the molecule is Cc1c(C=CCCCOc2ccc(F)cc2F)nc2c(F)cccc2c1OCc1ccccc1. The zero-order valence-corrected chi connectivity index (χ0v) is 18.7. The van der Waals surface area contributed by atoms with Gasteiger partial charge in [-0.05, 0) is 55.7 Å². The number of allylic oxidation sites excluding steroid dienone is 1. The molecule has 4 aromatic rings. The van der Waals surface area contributed by atoms with Crippen LogP contribution >= 0.6 is 0 Å². The summed E-state index contributed by atoms with van der Waals surface area (Å²) in [6, 6.07) is 17.8. The molecule has 3 nitrogen and oxygen atoms in total. The van der Waals surface area contributed by atoms with E-state index in [0.717, 1.165) is 23.3 Å². The highest BCUT2D eigenvalue weighted by Gasteiger charge is 2.14. The normalized spacial score (nSPS) is 11.3. The Labute approximate surface area is 196 Å². The molecule has 34 heavy (non-hydrogen) atoms. The molecule has 0 atom stereocenters. The van der Waals surface area contributed by atoms with Gasteiger partial charge in [0.1, 0.15) is 29.5 Å². The molecule has 0 unspecified atom stereocenters. The van der Waals surface area contributed by atoms with Crippen molar-refractivity contribution in [2.24, 2.45) is 0 Å². The van der Waals surface area contributed by atoms with Crippen LogP contribution in [0.2, 0.25) is 0 Å². The van der Waals surface area contributed by atoms with E-state index in [2.05, 4.69) is 4.98 Å². The van der Waals surface area contributed by atoms with E-state index in [1.807, 2.05) is 49.4 Å². The molecular formula is C28H24F3NO2. The van der Waals surface area contributed by atoms with E-state index in [9.17, 15) is 13.2 Å². The average molecular weight is 463 g/mol. The summed E-state index contributed by atoms with van der Waals surface area (Å²) in [5.41, 5.74) is 2.70. The number of hydrogen-bond acceptors (Lipinski definition) is 3. The standard InChI is InChI=1S/C28H24F3NO2/c1-19-25(13-6-3-7-16-33-26-15-14-21(29)17-24(26)31)32-27-22(11-8-12-23(27)30)28(19)34-18-20-9-4-2-5-10-20/h2,4-6,8-15,17H,3,7,16,18H2,1H3. The molecule has 0 radical (unpaired) electrons. The van der Waals surface area contributed by atoms with Gasteiger partial charge < -0.3 is 9.47 Å². The Morgan fingerprint density at radius 2 is 1.71 bits per heavy atom. The summed E-state index contributed by atoms with van der Waals surface area (Å²) in [6.45, 7) is 2.53. The number of para-hydroxylation sites is 1. The zero-order valence-electron chi connectivity index (χ0n) is 18.7. The number of aromatic nitrogens is 1. The Morgan fingerprint density at radius 3 is 2.50 bits per heavy atom. The van der Waals surface area contributed by atoms with Crippen molar-refractivity contribution in [3.05, 3.63) is 107 Å². The molecule has 0 aliphatic carbocycles. The van der Waals surface area contributed by atoms with Crippen LogP contribution in [0.1, 0.15) is 29.7 Å². The number of hydrogen-bond donors (Lipinski definition) is 0. The molecule has 1 aromatic heterocycles. The Bertz CT molecular complexity index is 1310. The Hall–Kier alpha value is -3.80. The molecule has 4 rings (SSSR count). The minimum atomic E-state index is -0.725. The third-order valence-corrected chi connectivity index (χ3v) is 5.36. The number of pyridine rings is 1. The van der Waals surface area contributed by atoms with E-state index in [0.29, 0.717) is 36.3 Å². The summed E-state index contributed by atoms with van der Waals surface area (Å²) in [5, 5.41) is 0.625. The van der Waals surface area contributed by atoms with Crippen LogP contribution in [0.4, 0.5) is 13.2 Å². The maximum atomic E-state index is 14.5. The summed E-state index contributed by atoms with van der Waals surface area (Å²) in [5.74, 6) is -1.16. The summed E-state index contributed by atoms with van der Waals surface area (Å²) in [4.78, 5) is 4.52. The first kappa shape index (κ1) is 23.4. The van der Waals surface area contributed by atoms with Gasteiger partial charge in [-0.15, -0.1) is 0 Å². The quantitative estimate of drug-likeness (QED) is 0.242. The molecule has 0 saturated carbocycles. The Balaban J connectivity index is 1.46. The Morgan fingerprint density at radius 1 is 0.882 bits per heavy atom. The highest BCUT2D eigenvalue weighted by molar-refractivity contribution is 5.88. The van der Waals surface area contributed by atoms with Crippen molar-refractivity contribution in [3.8, 4) is 11.5 Å². The molecular weight excluding hydrogens is 439 g/mol. The molecule has 0 aliphatic heterocycles.